The van der Waals surface area contributed by atoms with Crippen molar-refractivity contribution < 1.29 is 16.5 Å². The van der Waals surface area contributed by atoms with Gasteiger partial charge in [-0.15, -0.1) is 0 Å². The molecule has 0 saturated heterocycles. The van der Waals surface area contributed by atoms with E-state index < -0.39 is 7.92 Å². The molecule has 0 saturated carbocycles. The predicted octanol–water partition coefficient (Wildman–Crippen LogP) is 8.79. The first kappa shape index (κ1) is 29.8. The van der Waals surface area contributed by atoms with E-state index in [-0.39, 0.29) is 16.5 Å². The van der Waals surface area contributed by atoms with Gasteiger partial charge >= 0.3 is 0 Å². The Morgan fingerprint density at radius 3 is 0.694 bits per heavy atom. The van der Waals surface area contributed by atoms with E-state index >= 15 is 0 Å². The quantitative estimate of drug-likeness (QED) is 0.178. The van der Waals surface area contributed by atoms with Gasteiger partial charge in [0, 0.05) is 16.5 Å². The Morgan fingerprint density at radius 2 is 0.500 bits per heavy atom. The van der Waals surface area contributed by atoms with Crippen molar-refractivity contribution in [3.63, 3.8) is 0 Å². The van der Waals surface area contributed by atoms with Crippen LogP contribution in [-0.4, -0.2) is 0 Å². The Hall–Kier alpha value is -2.46. The molecule has 0 bridgehead atoms. The zero-order valence-corrected chi connectivity index (χ0v) is 23.1. The van der Waals surface area contributed by atoms with Crippen molar-refractivity contribution in [1.29, 1.82) is 0 Å². The molecular weight excluding hydrogens is 498 g/mol. The summed E-state index contributed by atoms with van der Waals surface area (Å²) in [6.45, 7) is 0. The van der Waals surface area contributed by atoms with E-state index in [2.05, 4.69) is 140 Å². The van der Waals surface area contributed by atoms with Gasteiger partial charge < -0.3 is 0 Å². The van der Waals surface area contributed by atoms with Gasteiger partial charge in [-0.2, -0.15) is 0 Å². The van der Waals surface area contributed by atoms with Crippen molar-refractivity contribution in [2.45, 2.75) is 51.4 Å². The summed E-state index contributed by atoms with van der Waals surface area (Å²) in [5.74, 6) is 0. The zero-order chi connectivity index (χ0) is 24.2. The molecular formula is C34H39NiP. The second-order valence-electron chi connectivity index (χ2n) is 8.54. The van der Waals surface area contributed by atoms with Gasteiger partial charge in [-0.3, -0.25) is 0 Å². The number of allylic oxidation sites excluding steroid dienone is 8. The molecule has 3 aromatic rings. The van der Waals surface area contributed by atoms with Gasteiger partial charge in [0.2, 0.25) is 0 Å². The van der Waals surface area contributed by atoms with Gasteiger partial charge in [-0.1, -0.05) is 140 Å². The summed E-state index contributed by atoms with van der Waals surface area (Å²) in [5, 5.41) is 4.19. The Morgan fingerprint density at radius 1 is 0.306 bits per heavy atom. The van der Waals surface area contributed by atoms with Gasteiger partial charge in [0.25, 0.3) is 0 Å². The van der Waals surface area contributed by atoms with E-state index in [0.29, 0.717) is 0 Å². The van der Waals surface area contributed by atoms with E-state index in [1.807, 2.05) is 0 Å². The van der Waals surface area contributed by atoms with Crippen LogP contribution in [0.3, 0.4) is 0 Å². The van der Waals surface area contributed by atoms with E-state index in [0.717, 1.165) is 0 Å². The molecule has 0 radical (unpaired) electrons. The standard InChI is InChI=1S/C18H15P.2C8H12.Ni/c1-4-10-16(11-5-1)19(17-12-6-2-7-13-17)18-14-8-3-9-15-18;2*1-2-4-6-8-7-5-3-1;/h1-15H;2*1-2,7-8H,3-6H2;/b;2*2-1-,8-7-;. The monoisotopic (exact) mass is 536 g/mol. The topological polar surface area (TPSA) is 0 Å². The molecule has 0 unspecified atom stereocenters. The first-order valence-corrected chi connectivity index (χ1v) is 14.3. The van der Waals surface area contributed by atoms with Crippen molar-refractivity contribution in [1.82, 2.24) is 0 Å². The molecule has 0 fully saturated rings. The van der Waals surface area contributed by atoms with Crippen LogP contribution in [0.15, 0.2) is 140 Å². The normalized spacial score (nSPS) is 18.0. The molecule has 0 heterocycles. The number of benzene rings is 3. The van der Waals surface area contributed by atoms with Gasteiger partial charge in [-0.25, -0.2) is 0 Å². The second kappa shape index (κ2) is 19.7. The molecule has 2 heteroatoms. The Bertz CT molecular complexity index is 862. The molecule has 0 amide bonds. The van der Waals surface area contributed by atoms with Gasteiger partial charge in [0.1, 0.15) is 0 Å². The molecule has 36 heavy (non-hydrogen) atoms. The van der Waals surface area contributed by atoms with Crippen LogP contribution < -0.4 is 15.9 Å². The minimum Gasteiger partial charge on any atom is -0.0882 e. The van der Waals surface area contributed by atoms with Gasteiger partial charge in [-0.05, 0) is 75.2 Å². The van der Waals surface area contributed by atoms with Crippen LogP contribution in [0.5, 0.6) is 0 Å². The van der Waals surface area contributed by atoms with Gasteiger partial charge in [0.05, 0.1) is 0 Å². The minimum atomic E-state index is -0.446. The van der Waals surface area contributed by atoms with Crippen LogP contribution in [0.4, 0.5) is 0 Å². The summed E-state index contributed by atoms with van der Waals surface area (Å²) in [6, 6.07) is 32.3. The summed E-state index contributed by atoms with van der Waals surface area (Å²) in [4.78, 5) is 0. The fourth-order valence-electron chi connectivity index (χ4n) is 3.89. The van der Waals surface area contributed by atoms with Crippen molar-refractivity contribution in [3.8, 4) is 0 Å². The maximum absolute atomic E-state index is 2.27. The smallest absolute Gasteiger partial charge is 0 e. The summed E-state index contributed by atoms with van der Waals surface area (Å²) in [5.41, 5.74) is 0. The van der Waals surface area contributed by atoms with Crippen molar-refractivity contribution in [3.05, 3.63) is 140 Å². The zero-order valence-electron chi connectivity index (χ0n) is 21.2. The Labute approximate surface area is 230 Å². The van der Waals surface area contributed by atoms with Crippen LogP contribution in [0.1, 0.15) is 51.4 Å². The molecule has 0 atom stereocenters. The average Bonchev–Trinajstić information content (AvgIpc) is 2.86. The van der Waals surface area contributed by atoms with Crippen molar-refractivity contribution in [2.75, 3.05) is 0 Å². The minimum absolute atomic E-state index is 0. The molecule has 0 aliphatic heterocycles. The fraction of sp³-hybridized carbons (Fsp3) is 0.235. The molecule has 190 valence electrons. The van der Waals surface area contributed by atoms with E-state index in [1.165, 1.54) is 67.3 Å². The summed E-state index contributed by atoms with van der Waals surface area (Å²) < 4.78 is 0. The predicted molar refractivity (Wildman–Crippen MR) is 159 cm³/mol. The van der Waals surface area contributed by atoms with Crippen molar-refractivity contribution in [2.24, 2.45) is 0 Å². The first-order chi connectivity index (χ1) is 17.4. The van der Waals surface area contributed by atoms with Crippen LogP contribution in [0.25, 0.3) is 0 Å². The molecule has 0 aromatic heterocycles. The SMILES string of the molecule is C1=C\CC/C=C\CC/1.C1=C\CC/C=C\CC/1.[Ni].c1ccc(P(c2ccccc2)c2ccccc2)cc1. The maximum atomic E-state index is 2.27. The summed E-state index contributed by atoms with van der Waals surface area (Å²) in [7, 11) is -0.446. The van der Waals surface area contributed by atoms with Crippen LogP contribution in [0, 0.1) is 0 Å². The molecule has 0 spiro atoms. The number of hydrogen-bond donors (Lipinski definition) is 0. The number of rotatable bonds is 3. The molecule has 5 rings (SSSR count). The Balaban J connectivity index is 0.000000223. The first-order valence-electron chi connectivity index (χ1n) is 13.0. The summed E-state index contributed by atoms with van der Waals surface area (Å²) in [6.07, 6.45) is 28.0. The van der Waals surface area contributed by atoms with Crippen LogP contribution >= 0.6 is 7.92 Å². The molecule has 3 aromatic carbocycles. The van der Waals surface area contributed by atoms with E-state index in [4.69, 9.17) is 0 Å². The maximum Gasteiger partial charge on any atom is 0 e. The van der Waals surface area contributed by atoms with Crippen molar-refractivity contribution >= 4 is 23.8 Å². The van der Waals surface area contributed by atoms with E-state index in [9.17, 15) is 0 Å². The summed E-state index contributed by atoms with van der Waals surface area (Å²) >= 11 is 0. The molecule has 2 aliphatic rings. The second-order valence-corrected chi connectivity index (χ2v) is 10.8. The number of hydrogen-bond acceptors (Lipinski definition) is 0. The Kier molecular flexibility index (Phi) is 16.3. The molecule has 0 N–H and O–H groups in total. The third-order valence-corrected chi connectivity index (χ3v) is 8.15. The fourth-order valence-corrected chi connectivity index (χ4v) is 6.20. The van der Waals surface area contributed by atoms with E-state index in [1.54, 1.807) is 0 Å². The van der Waals surface area contributed by atoms with Crippen LogP contribution in [-0.2, 0) is 16.5 Å². The average molecular weight is 537 g/mol. The third-order valence-electron chi connectivity index (χ3n) is 5.71. The largest absolute Gasteiger partial charge is 0.0882 e. The van der Waals surface area contributed by atoms with Gasteiger partial charge in [0.15, 0.2) is 0 Å². The molecule has 2 aliphatic carbocycles. The molecule has 0 nitrogen and oxygen atoms in total. The van der Waals surface area contributed by atoms with Crippen LogP contribution in [0.2, 0.25) is 0 Å². The third kappa shape index (κ3) is 12.0.